The van der Waals surface area contributed by atoms with Gasteiger partial charge in [-0.1, -0.05) is 11.6 Å². The van der Waals surface area contributed by atoms with Gasteiger partial charge in [0.05, 0.1) is 7.11 Å². The van der Waals surface area contributed by atoms with Crippen molar-refractivity contribution in [1.82, 2.24) is 25.5 Å². The molecule has 1 N–H and O–H groups in total. The van der Waals surface area contributed by atoms with Crippen LogP contribution in [-0.2, 0) is 6.42 Å². The minimum absolute atomic E-state index is 0.597. The number of nitrogens with zero attached hydrogens (tertiary/aromatic N) is 4. The van der Waals surface area contributed by atoms with Gasteiger partial charge in [0.25, 0.3) is 0 Å². The Hall–Kier alpha value is -1.66. The van der Waals surface area contributed by atoms with Crippen LogP contribution in [-0.4, -0.2) is 40.9 Å². The number of methoxy groups -OCH3 is 1. The molecule has 7 heteroatoms. The first-order valence-electron chi connectivity index (χ1n) is 5.52. The van der Waals surface area contributed by atoms with Crippen molar-refractivity contribution >= 4 is 11.6 Å². The maximum Gasteiger partial charge on any atom is 0.176 e. The smallest absolute Gasteiger partial charge is 0.176 e. The Kier molecular flexibility index (Phi) is 4.11. The predicted octanol–water partition coefficient (Wildman–Crippen LogP) is 1.09. The summed E-state index contributed by atoms with van der Waals surface area (Å²) in [6.07, 6.45) is 0.722. The van der Waals surface area contributed by atoms with Crippen LogP contribution in [0.15, 0.2) is 18.2 Å². The summed E-state index contributed by atoms with van der Waals surface area (Å²) >= 11 is 5.96. The Morgan fingerprint density at radius 2 is 2.28 bits per heavy atom. The lowest BCUT2D eigenvalue weighted by molar-refractivity contribution is 0.409. The topological polar surface area (TPSA) is 64.9 Å². The maximum atomic E-state index is 5.96. The molecule has 0 aliphatic carbocycles. The van der Waals surface area contributed by atoms with Crippen LogP contribution >= 0.6 is 11.6 Å². The van der Waals surface area contributed by atoms with Crippen LogP contribution < -0.4 is 10.1 Å². The fourth-order valence-electron chi connectivity index (χ4n) is 1.50. The zero-order valence-electron chi connectivity index (χ0n) is 10.2. The summed E-state index contributed by atoms with van der Waals surface area (Å²) in [5, 5.41) is 15.9. The van der Waals surface area contributed by atoms with Crippen LogP contribution in [0, 0.1) is 0 Å². The zero-order chi connectivity index (χ0) is 13.0. The number of rotatable bonds is 5. The Bertz CT molecular complexity index is 528. The molecule has 0 bridgehead atoms. The third-order valence-corrected chi connectivity index (χ3v) is 2.65. The fourth-order valence-corrected chi connectivity index (χ4v) is 1.67. The standard InChI is InChI=1S/C11H14ClN5O/c1-13-6-5-11-14-16-17(15-11)9-7-8(12)3-4-10(9)18-2/h3-4,7,13H,5-6H2,1-2H3. The lowest BCUT2D eigenvalue weighted by atomic mass is 10.3. The number of hydrogen-bond acceptors (Lipinski definition) is 5. The van der Waals surface area contributed by atoms with Crippen molar-refractivity contribution < 1.29 is 4.74 Å². The zero-order valence-corrected chi connectivity index (χ0v) is 11.0. The largest absolute Gasteiger partial charge is 0.494 e. The maximum absolute atomic E-state index is 5.96. The first kappa shape index (κ1) is 12.8. The van der Waals surface area contributed by atoms with Crippen LogP contribution in [0.4, 0.5) is 0 Å². The molecule has 0 atom stereocenters. The molecule has 0 spiro atoms. The van der Waals surface area contributed by atoms with Crippen molar-refractivity contribution in [3.8, 4) is 11.4 Å². The molecule has 0 unspecified atom stereocenters. The number of nitrogens with one attached hydrogen (secondary N) is 1. The summed E-state index contributed by atoms with van der Waals surface area (Å²) in [7, 11) is 3.47. The molecular formula is C11H14ClN5O. The van der Waals surface area contributed by atoms with E-state index in [9.17, 15) is 0 Å². The highest BCUT2D eigenvalue weighted by Gasteiger charge is 2.10. The second kappa shape index (κ2) is 5.79. The van der Waals surface area contributed by atoms with E-state index >= 15 is 0 Å². The molecule has 96 valence electrons. The number of tetrazole rings is 1. The van der Waals surface area contributed by atoms with Gasteiger partial charge in [0.1, 0.15) is 11.4 Å². The molecular weight excluding hydrogens is 254 g/mol. The van der Waals surface area contributed by atoms with Crippen LogP contribution in [0.1, 0.15) is 5.82 Å². The molecule has 2 rings (SSSR count). The van der Waals surface area contributed by atoms with Gasteiger partial charge in [0.2, 0.25) is 0 Å². The summed E-state index contributed by atoms with van der Waals surface area (Å²) in [6.45, 7) is 0.804. The van der Waals surface area contributed by atoms with Gasteiger partial charge in [-0.15, -0.1) is 15.0 Å². The van der Waals surface area contributed by atoms with E-state index in [4.69, 9.17) is 16.3 Å². The highest BCUT2D eigenvalue weighted by Crippen LogP contribution is 2.24. The van der Waals surface area contributed by atoms with E-state index in [0.717, 1.165) is 13.0 Å². The fraction of sp³-hybridized carbons (Fsp3) is 0.364. The third kappa shape index (κ3) is 2.77. The van der Waals surface area contributed by atoms with Crippen molar-refractivity contribution in [2.45, 2.75) is 6.42 Å². The highest BCUT2D eigenvalue weighted by atomic mass is 35.5. The minimum Gasteiger partial charge on any atom is -0.494 e. The summed E-state index contributed by atoms with van der Waals surface area (Å²) in [5.41, 5.74) is 0.674. The highest BCUT2D eigenvalue weighted by molar-refractivity contribution is 6.30. The average molecular weight is 268 g/mol. The molecule has 0 aliphatic rings. The van der Waals surface area contributed by atoms with E-state index in [0.29, 0.717) is 22.3 Å². The average Bonchev–Trinajstić information content (AvgIpc) is 2.85. The van der Waals surface area contributed by atoms with Gasteiger partial charge in [-0.3, -0.25) is 0 Å². The Labute approximate surface area is 110 Å². The van der Waals surface area contributed by atoms with Crippen LogP contribution in [0.2, 0.25) is 5.02 Å². The molecule has 1 aromatic carbocycles. The van der Waals surface area contributed by atoms with E-state index < -0.39 is 0 Å². The predicted molar refractivity (Wildman–Crippen MR) is 68.3 cm³/mol. The number of hydrogen-bond donors (Lipinski definition) is 1. The summed E-state index contributed by atoms with van der Waals surface area (Å²) in [6, 6.07) is 5.26. The molecule has 2 aromatic rings. The quantitative estimate of drug-likeness (QED) is 0.878. The molecule has 1 aromatic heterocycles. The second-order valence-corrected chi connectivity index (χ2v) is 4.10. The molecule has 6 nitrogen and oxygen atoms in total. The van der Waals surface area contributed by atoms with Crippen LogP contribution in [0.25, 0.3) is 5.69 Å². The first-order chi connectivity index (χ1) is 8.74. The first-order valence-corrected chi connectivity index (χ1v) is 5.90. The van der Waals surface area contributed by atoms with Crippen molar-refractivity contribution in [3.05, 3.63) is 29.0 Å². The number of halogens is 1. The molecule has 0 amide bonds. The number of ether oxygens (including phenoxy) is 1. The molecule has 0 fully saturated rings. The number of likely N-dealkylation sites (N-methyl/N-ethyl adjacent to an activating group) is 1. The van der Waals surface area contributed by atoms with Gasteiger partial charge in [0.15, 0.2) is 5.82 Å². The van der Waals surface area contributed by atoms with Gasteiger partial charge in [-0.2, -0.15) is 0 Å². The minimum atomic E-state index is 0.597. The van der Waals surface area contributed by atoms with Crippen LogP contribution in [0.3, 0.4) is 0 Å². The van der Waals surface area contributed by atoms with Gasteiger partial charge in [-0.05, 0) is 30.5 Å². The summed E-state index contributed by atoms with van der Waals surface area (Å²) in [4.78, 5) is 1.43. The lowest BCUT2D eigenvalue weighted by Gasteiger charge is -2.06. The van der Waals surface area contributed by atoms with Gasteiger partial charge in [-0.25, -0.2) is 0 Å². The molecule has 0 saturated heterocycles. The van der Waals surface area contributed by atoms with Crippen molar-refractivity contribution in [1.29, 1.82) is 0 Å². The van der Waals surface area contributed by atoms with E-state index in [1.165, 1.54) is 4.80 Å². The Morgan fingerprint density at radius 1 is 1.44 bits per heavy atom. The normalized spacial score (nSPS) is 10.6. The molecule has 0 saturated carbocycles. The Balaban J connectivity index is 2.30. The van der Waals surface area contributed by atoms with Crippen LogP contribution in [0.5, 0.6) is 5.75 Å². The molecule has 18 heavy (non-hydrogen) atoms. The number of benzene rings is 1. The van der Waals surface area contributed by atoms with Gasteiger partial charge < -0.3 is 10.1 Å². The second-order valence-electron chi connectivity index (χ2n) is 3.66. The monoisotopic (exact) mass is 267 g/mol. The van der Waals surface area contributed by atoms with Crippen molar-refractivity contribution in [3.63, 3.8) is 0 Å². The summed E-state index contributed by atoms with van der Waals surface area (Å²) in [5.74, 6) is 1.32. The molecule has 0 aliphatic heterocycles. The van der Waals surface area contributed by atoms with Crippen molar-refractivity contribution in [2.24, 2.45) is 0 Å². The lowest BCUT2D eigenvalue weighted by Crippen LogP contribution is -2.11. The van der Waals surface area contributed by atoms with Gasteiger partial charge >= 0.3 is 0 Å². The van der Waals surface area contributed by atoms with E-state index in [2.05, 4.69) is 20.7 Å². The summed E-state index contributed by atoms with van der Waals surface area (Å²) < 4.78 is 5.25. The van der Waals surface area contributed by atoms with E-state index in [-0.39, 0.29) is 0 Å². The van der Waals surface area contributed by atoms with Crippen molar-refractivity contribution in [2.75, 3.05) is 20.7 Å². The molecule has 1 heterocycles. The van der Waals surface area contributed by atoms with Gasteiger partial charge in [0, 0.05) is 18.0 Å². The Morgan fingerprint density at radius 3 is 3.00 bits per heavy atom. The van der Waals surface area contributed by atoms with E-state index in [1.54, 1.807) is 25.3 Å². The SMILES string of the molecule is CNCCc1nnn(-c2cc(Cl)ccc2OC)n1. The van der Waals surface area contributed by atoms with E-state index in [1.807, 2.05) is 7.05 Å². The molecule has 0 radical (unpaired) electrons. The third-order valence-electron chi connectivity index (χ3n) is 2.41. The number of aromatic nitrogens is 4.